The number of benzene rings is 1. The molecule has 2 atom stereocenters. The molecule has 1 saturated heterocycles. The SMILES string of the molecule is O=C(COC(=O)C1CC(O)CN1C(=O)Cc1ccccc1F)NCCC1=CCCCC1. The van der Waals surface area contributed by atoms with Gasteiger partial charge in [0.1, 0.15) is 11.9 Å². The van der Waals surface area contributed by atoms with Crippen molar-refractivity contribution in [3.63, 3.8) is 0 Å². The van der Waals surface area contributed by atoms with Crippen LogP contribution in [0.25, 0.3) is 0 Å². The van der Waals surface area contributed by atoms with Gasteiger partial charge in [0.15, 0.2) is 6.61 Å². The maximum absolute atomic E-state index is 13.8. The molecule has 1 fully saturated rings. The molecule has 3 rings (SSSR count). The first-order chi connectivity index (χ1) is 14.9. The van der Waals surface area contributed by atoms with Crippen LogP contribution in [0.15, 0.2) is 35.9 Å². The van der Waals surface area contributed by atoms with Gasteiger partial charge in [0.05, 0.1) is 12.5 Å². The average molecular weight is 432 g/mol. The topological polar surface area (TPSA) is 95.9 Å². The van der Waals surface area contributed by atoms with E-state index in [0.717, 1.165) is 19.3 Å². The van der Waals surface area contributed by atoms with Crippen LogP contribution in [-0.4, -0.2) is 59.6 Å². The van der Waals surface area contributed by atoms with Gasteiger partial charge in [0.2, 0.25) is 5.91 Å². The van der Waals surface area contributed by atoms with Crippen LogP contribution in [0.2, 0.25) is 0 Å². The van der Waals surface area contributed by atoms with Crippen molar-refractivity contribution in [2.24, 2.45) is 0 Å². The molecule has 168 valence electrons. The number of halogens is 1. The van der Waals surface area contributed by atoms with Crippen molar-refractivity contribution in [1.82, 2.24) is 10.2 Å². The molecule has 1 aromatic rings. The minimum atomic E-state index is -0.991. The van der Waals surface area contributed by atoms with E-state index < -0.39 is 42.4 Å². The lowest BCUT2D eigenvalue weighted by molar-refractivity contribution is -0.155. The molecule has 1 heterocycles. The van der Waals surface area contributed by atoms with Gasteiger partial charge in [-0.1, -0.05) is 29.8 Å². The molecule has 2 N–H and O–H groups in total. The zero-order chi connectivity index (χ0) is 22.2. The molecule has 2 aliphatic rings. The molecule has 2 amide bonds. The first-order valence-electron chi connectivity index (χ1n) is 10.8. The van der Waals surface area contributed by atoms with Crippen LogP contribution >= 0.6 is 0 Å². The number of hydrogen-bond donors (Lipinski definition) is 2. The van der Waals surface area contributed by atoms with E-state index >= 15 is 0 Å². The molecule has 0 aromatic heterocycles. The van der Waals surface area contributed by atoms with Crippen molar-refractivity contribution < 1.29 is 28.6 Å². The van der Waals surface area contributed by atoms with Crippen molar-refractivity contribution in [1.29, 1.82) is 0 Å². The summed E-state index contributed by atoms with van der Waals surface area (Å²) in [5.74, 6) is -2.14. The van der Waals surface area contributed by atoms with E-state index in [1.807, 2.05) is 0 Å². The van der Waals surface area contributed by atoms with Crippen LogP contribution in [-0.2, 0) is 25.5 Å². The summed E-state index contributed by atoms with van der Waals surface area (Å²) in [5, 5.41) is 12.7. The summed E-state index contributed by atoms with van der Waals surface area (Å²) in [7, 11) is 0. The van der Waals surface area contributed by atoms with E-state index in [2.05, 4.69) is 11.4 Å². The number of aliphatic hydroxyl groups excluding tert-OH is 1. The Morgan fingerprint density at radius 2 is 2.03 bits per heavy atom. The van der Waals surface area contributed by atoms with E-state index in [4.69, 9.17) is 4.74 Å². The summed E-state index contributed by atoms with van der Waals surface area (Å²) in [6, 6.07) is 4.92. The number of β-amino-alcohol motifs (C(OH)–C–C–N with tert-alkyl or cyclic N) is 1. The predicted molar refractivity (Wildman–Crippen MR) is 111 cm³/mol. The Balaban J connectivity index is 1.46. The van der Waals surface area contributed by atoms with Crippen LogP contribution in [0.3, 0.4) is 0 Å². The van der Waals surface area contributed by atoms with E-state index in [1.54, 1.807) is 6.07 Å². The second-order valence-corrected chi connectivity index (χ2v) is 8.04. The summed E-state index contributed by atoms with van der Waals surface area (Å²) in [6.07, 6.45) is 6.46. The Morgan fingerprint density at radius 1 is 1.23 bits per heavy atom. The minimum absolute atomic E-state index is 0.0254. The largest absolute Gasteiger partial charge is 0.454 e. The van der Waals surface area contributed by atoms with Gasteiger partial charge in [-0.25, -0.2) is 9.18 Å². The fourth-order valence-corrected chi connectivity index (χ4v) is 4.00. The van der Waals surface area contributed by atoms with Crippen molar-refractivity contribution in [3.05, 3.63) is 47.3 Å². The van der Waals surface area contributed by atoms with Crippen molar-refractivity contribution in [2.75, 3.05) is 19.7 Å². The summed E-state index contributed by atoms with van der Waals surface area (Å²) in [6.45, 7) is 0.00575. The number of esters is 1. The summed E-state index contributed by atoms with van der Waals surface area (Å²) in [4.78, 5) is 38.3. The van der Waals surface area contributed by atoms with Crippen LogP contribution in [0, 0.1) is 5.82 Å². The van der Waals surface area contributed by atoms with E-state index in [9.17, 15) is 23.9 Å². The fraction of sp³-hybridized carbons (Fsp3) is 0.522. The Hall–Kier alpha value is -2.74. The number of carbonyl (C=O) groups is 3. The molecule has 0 bridgehead atoms. The number of likely N-dealkylation sites (tertiary alicyclic amines) is 1. The molecule has 0 saturated carbocycles. The van der Waals surface area contributed by atoms with E-state index in [1.165, 1.54) is 41.5 Å². The first-order valence-corrected chi connectivity index (χ1v) is 10.8. The molecular formula is C23H29FN2O5. The maximum atomic E-state index is 13.8. The summed E-state index contributed by atoms with van der Waals surface area (Å²) < 4.78 is 18.9. The van der Waals surface area contributed by atoms with Crippen molar-refractivity contribution in [2.45, 2.75) is 57.1 Å². The zero-order valence-corrected chi connectivity index (χ0v) is 17.5. The van der Waals surface area contributed by atoms with Crippen LogP contribution in [0.5, 0.6) is 0 Å². The maximum Gasteiger partial charge on any atom is 0.329 e. The number of hydrogen-bond acceptors (Lipinski definition) is 5. The molecule has 2 unspecified atom stereocenters. The van der Waals surface area contributed by atoms with Gasteiger partial charge >= 0.3 is 5.97 Å². The van der Waals surface area contributed by atoms with Gasteiger partial charge in [-0.15, -0.1) is 0 Å². The van der Waals surface area contributed by atoms with E-state index in [0.29, 0.717) is 6.54 Å². The summed E-state index contributed by atoms with van der Waals surface area (Å²) >= 11 is 0. The monoisotopic (exact) mass is 432 g/mol. The smallest absolute Gasteiger partial charge is 0.329 e. The van der Waals surface area contributed by atoms with Crippen LogP contribution < -0.4 is 5.32 Å². The third-order valence-electron chi connectivity index (χ3n) is 5.67. The van der Waals surface area contributed by atoms with Crippen molar-refractivity contribution in [3.8, 4) is 0 Å². The van der Waals surface area contributed by atoms with Gasteiger partial charge in [0, 0.05) is 19.5 Å². The van der Waals surface area contributed by atoms with Crippen molar-refractivity contribution >= 4 is 17.8 Å². The number of nitrogens with zero attached hydrogens (tertiary/aromatic N) is 1. The highest BCUT2D eigenvalue weighted by Crippen LogP contribution is 2.21. The molecule has 1 aliphatic heterocycles. The lowest BCUT2D eigenvalue weighted by Crippen LogP contribution is -2.43. The molecule has 31 heavy (non-hydrogen) atoms. The molecular weight excluding hydrogens is 403 g/mol. The predicted octanol–water partition coefficient (Wildman–Crippen LogP) is 1.88. The lowest BCUT2D eigenvalue weighted by Gasteiger charge is -2.23. The number of ether oxygens (including phenoxy) is 1. The van der Waals surface area contributed by atoms with Gasteiger partial charge in [-0.2, -0.15) is 0 Å². The number of rotatable bonds is 8. The molecule has 1 aromatic carbocycles. The number of nitrogens with one attached hydrogen (secondary N) is 1. The van der Waals surface area contributed by atoms with Gasteiger partial charge in [-0.3, -0.25) is 9.59 Å². The average Bonchev–Trinajstić information content (AvgIpc) is 3.16. The molecule has 8 heteroatoms. The highest BCUT2D eigenvalue weighted by molar-refractivity contribution is 5.88. The van der Waals surface area contributed by atoms with E-state index in [-0.39, 0.29) is 24.9 Å². The van der Waals surface area contributed by atoms with Gasteiger partial charge in [0.25, 0.3) is 5.91 Å². The Bertz CT molecular complexity index is 841. The zero-order valence-electron chi connectivity index (χ0n) is 17.5. The van der Waals surface area contributed by atoms with Gasteiger partial charge < -0.3 is 20.1 Å². The van der Waals surface area contributed by atoms with Crippen LogP contribution in [0.4, 0.5) is 4.39 Å². The highest BCUT2D eigenvalue weighted by Gasteiger charge is 2.40. The third-order valence-corrected chi connectivity index (χ3v) is 5.67. The summed E-state index contributed by atoms with van der Waals surface area (Å²) in [5.41, 5.74) is 1.56. The number of amides is 2. The van der Waals surface area contributed by atoms with Gasteiger partial charge in [-0.05, 0) is 43.7 Å². The Morgan fingerprint density at radius 3 is 2.77 bits per heavy atom. The normalized spacial score (nSPS) is 20.8. The fourth-order valence-electron chi connectivity index (χ4n) is 4.00. The Labute approximate surface area is 181 Å². The highest BCUT2D eigenvalue weighted by atomic mass is 19.1. The standard InChI is InChI=1S/C23H29FN2O5/c24-19-9-5-4-8-17(19)12-22(29)26-14-18(27)13-20(26)23(30)31-15-21(28)25-11-10-16-6-2-1-3-7-16/h4-6,8-9,18,20,27H,1-3,7,10-15H2,(H,25,28). The lowest BCUT2D eigenvalue weighted by atomic mass is 9.97. The number of aliphatic hydroxyl groups is 1. The Kier molecular flexibility index (Phi) is 8.17. The second-order valence-electron chi connectivity index (χ2n) is 8.04. The molecule has 0 spiro atoms. The second kappa shape index (κ2) is 11.0. The number of carbonyl (C=O) groups excluding carboxylic acids is 3. The van der Waals surface area contributed by atoms with Crippen LogP contribution in [0.1, 0.15) is 44.1 Å². The quantitative estimate of drug-likeness (QED) is 0.483. The minimum Gasteiger partial charge on any atom is -0.454 e. The molecule has 7 nitrogen and oxygen atoms in total. The number of allylic oxidation sites excluding steroid dienone is 1. The first kappa shape index (κ1) is 22.9. The molecule has 0 radical (unpaired) electrons. The third kappa shape index (κ3) is 6.62. The molecule has 1 aliphatic carbocycles.